The lowest BCUT2D eigenvalue weighted by Crippen LogP contribution is -2.31. The maximum Gasteiger partial charge on any atom is 0.160 e. The van der Waals surface area contributed by atoms with Gasteiger partial charge >= 0.3 is 0 Å². The Morgan fingerprint density at radius 2 is 2.12 bits per heavy atom. The molecule has 1 saturated heterocycles. The standard InChI is InChI=1S/C18H22ClN5O2/c19-17-9-16-15(11-21-17)23(5-8-26-16)18-13-10-20-4-1-14(13)24(22-18)12-2-6-25-7-3-12/h9,11-12,20H,1-8,10H2. The highest BCUT2D eigenvalue weighted by Gasteiger charge is 2.31. The third kappa shape index (κ3) is 2.74. The van der Waals surface area contributed by atoms with Crippen LogP contribution >= 0.6 is 11.6 Å². The lowest BCUT2D eigenvalue weighted by atomic mass is 10.1. The minimum Gasteiger partial charge on any atom is -0.489 e. The van der Waals surface area contributed by atoms with Gasteiger partial charge in [-0.25, -0.2) is 4.98 Å². The first-order valence-electron chi connectivity index (χ1n) is 9.26. The molecule has 2 aromatic rings. The molecule has 7 nitrogen and oxygen atoms in total. The molecule has 0 unspecified atom stereocenters. The van der Waals surface area contributed by atoms with Crippen molar-refractivity contribution in [3.8, 4) is 5.75 Å². The quantitative estimate of drug-likeness (QED) is 0.813. The van der Waals surface area contributed by atoms with Crippen LogP contribution in [-0.4, -0.2) is 47.7 Å². The number of aromatic nitrogens is 3. The lowest BCUT2D eigenvalue weighted by molar-refractivity contribution is 0.0653. The Morgan fingerprint density at radius 1 is 1.23 bits per heavy atom. The first-order valence-corrected chi connectivity index (χ1v) is 9.63. The van der Waals surface area contributed by atoms with Crippen LogP contribution in [0, 0.1) is 0 Å². The fourth-order valence-electron chi connectivity index (χ4n) is 4.12. The van der Waals surface area contributed by atoms with Gasteiger partial charge in [0.05, 0.1) is 18.8 Å². The topological polar surface area (TPSA) is 64.4 Å². The van der Waals surface area contributed by atoms with Gasteiger partial charge in [-0.05, 0) is 12.8 Å². The molecule has 0 spiro atoms. The second-order valence-corrected chi connectivity index (χ2v) is 7.33. The molecule has 0 saturated carbocycles. The zero-order valence-electron chi connectivity index (χ0n) is 14.6. The van der Waals surface area contributed by atoms with Crippen LogP contribution in [0.4, 0.5) is 11.5 Å². The third-order valence-corrected chi connectivity index (χ3v) is 5.61. The molecule has 1 fully saturated rings. The van der Waals surface area contributed by atoms with Crippen LogP contribution < -0.4 is 15.0 Å². The Bertz CT molecular complexity index is 818. The highest BCUT2D eigenvalue weighted by atomic mass is 35.5. The number of hydrogen-bond donors (Lipinski definition) is 1. The summed E-state index contributed by atoms with van der Waals surface area (Å²) in [5.74, 6) is 1.79. The van der Waals surface area contributed by atoms with E-state index in [-0.39, 0.29) is 0 Å². The Hall–Kier alpha value is -1.83. The molecule has 0 aliphatic carbocycles. The molecule has 0 aromatic carbocycles. The number of nitrogens with one attached hydrogen (secondary N) is 1. The smallest absolute Gasteiger partial charge is 0.160 e. The van der Waals surface area contributed by atoms with Gasteiger partial charge in [0.1, 0.15) is 23.2 Å². The summed E-state index contributed by atoms with van der Waals surface area (Å²) < 4.78 is 13.6. The van der Waals surface area contributed by atoms with Crippen molar-refractivity contribution in [3.05, 3.63) is 28.7 Å². The number of halogens is 1. The zero-order valence-corrected chi connectivity index (χ0v) is 15.3. The van der Waals surface area contributed by atoms with Crippen molar-refractivity contribution in [2.45, 2.75) is 31.8 Å². The summed E-state index contributed by atoms with van der Waals surface area (Å²) in [7, 11) is 0. The van der Waals surface area contributed by atoms with Crippen LogP contribution in [0.2, 0.25) is 5.15 Å². The summed E-state index contributed by atoms with van der Waals surface area (Å²) in [5.41, 5.74) is 3.59. The monoisotopic (exact) mass is 375 g/mol. The van der Waals surface area contributed by atoms with Gasteiger partial charge in [-0.2, -0.15) is 5.10 Å². The number of ether oxygens (including phenoxy) is 2. The average molecular weight is 376 g/mol. The molecule has 2 aromatic heterocycles. The van der Waals surface area contributed by atoms with E-state index in [1.54, 1.807) is 12.3 Å². The molecule has 5 heterocycles. The molecule has 0 radical (unpaired) electrons. The van der Waals surface area contributed by atoms with Gasteiger partial charge in [0.15, 0.2) is 5.82 Å². The molecule has 0 amide bonds. The highest BCUT2D eigenvalue weighted by molar-refractivity contribution is 6.29. The summed E-state index contributed by atoms with van der Waals surface area (Å²) in [5, 5.41) is 9.03. The van der Waals surface area contributed by atoms with Crippen LogP contribution in [0.25, 0.3) is 0 Å². The van der Waals surface area contributed by atoms with E-state index in [0.29, 0.717) is 17.8 Å². The van der Waals surface area contributed by atoms with Crippen molar-refractivity contribution < 1.29 is 9.47 Å². The first-order chi connectivity index (χ1) is 12.8. The maximum absolute atomic E-state index is 6.04. The summed E-state index contributed by atoms with van der Waals surface area (Å²) >= 11 is 6.04. The summed E-state index contributed by atoms with van der Waals surface area (Å²) in [6.45, 7) is 4.85. The minimum absolute atomic E-state index is 0.424. The van der Waals surface area contributed by atoms with E-state index in [0.717, 1.165) is 69.4 Å². The molecule has 0 atom stereocenters. The summed E-state index contributed by atoms with van der Waals surface area (Å²) in [6.07, 6.45) is 4.85. The normalized spacial score (nSPS) is 20.4. The average Bonchev–Trinajstić information content (AvgIpc) is 3.07. The minimum atomic E-state index is 0.424. The van der Waals surface area contributed by atoms with E-state index in [2.05, 4.69) is 19.9 Å². The molecule has 26 heavy (non-hydrogen) atoms. The van der Waals surface area contributed by atoms with Crippen LogP contribution in [-0.2, 0) is 17.7 Å². The first kappa shape index (κ1) is 16.4. The second kappa shape index (κ2) is 6.72. The van der Waals surface area contributed by atoms with Crippen LogP contribution in [0.1, 0.15) is 30.1 Å². The molecule has 3 aliphatic heterocycles. The predicted molar refractivity (Wildman–Crippen MR) is 98.5 cm³/mol. The number of nitrogens with zero attached hydrogens (tertiary/aromatic N) is 4. The molecule has 0 bridgehead atoms. The Kier molecular flexibility index (Phi) is 4.23. The molecule has 5 rings (SSSR count). The van der Waals surface area contributed by atoms with Crippen LogP contribution in [0.15, 0.2) is 12.3 Å². The number of pyridine rings is 1. The number of hydrogen-bond acceptors (Lipinski definition) is 6. The van der Waals surface area contributed by atoms with Crippen LogP contribution in [0.5, 0.6) is 5.75 Å². The molecule has 3 aliphatic rings. The molecule has 138 valence electrons. The second-order valence-electron chi connectivity index (χ2n) is 6.94. The summed E-state index contributed by atoms with van der Waals surface area (Å²) in [4.78, 5) is 6.48. The zero-order chi connectivity index (χ0) is 17.5. The van der Waals surface area contributed by atoms with Crippen molar-refractivity contribution in [1.29, 1.82) is 0 Å². The van der Waals surface area contributed by atoms with Gasteiger partial charge in [-0.3, -0.25) is 4.68 Å². The number of anilines is 2. The molecule has 8 heteroatoms. The van der Waals surface area contributed by atoms with E-state index in [1.807, 2.05) is 0 Å². The maximum atomic E-state index is 6.04. The van der Waals surface area contributed by atoms with Gasteiger partial charge in [0.2, 0.25) is 0 Å². The number of rotatable bonds is 2. The van der Waals surface area contributed by atoms with E-state index in [1.165, 1.54) is 11.3 Å². The van der Waals surface area contributed by atoms with E-state index in [4.69, 9.17) is 26.2 Å². The molecule has 1 N–H and O–H groups in total. The SMILES string of the molecule is Clc1cc2c(cn1)N(c1nn(C3CCOCC3)c3c1CNCC3)CCO2. The Labute approximate surface area is 157 Å². The van der Waals surface area contributed by atoms with Gasteiger partial charge in [-0.1, -0.05) is 11.6 Å². The number of fused-ring (bicyclic) bond motifs is 2. The van der Waals surface area contributed by atoms with E-state index in [9.17, 15) is 0 Å². The molecular formula is C18H22ClN5O2. The van der Waals surface area contributed by atoms with E-state index >= 15 is 0 Å². The fourth-order valence-corrected chi connectivity index (χ4v) is 4.26. The van der Waals surface area contributed by atoms with Crippen molar-refractivity contribution in [2.75, 3.05) is 37.8 Å². The van der Waals surface area contributed by atoms with Gasteiger partial charge < -0.3 is 19.7 Å². The summed E-state index contributed by atoms with van der Waals surface area (Å²) in [6, 6.07) is 2.21. The Balaban J connectivity index is 1.58. The van der Waals surface area contributed by atoms with Gasteiger partial charge in [-0.15, -0.1) is 0 Å². The van der Waals surface area contributed by atoms with Crippen molar-refractivity contribution in [1.82, 2.24) is 20.1 Å². The Morgan fingerprint density at radius 3 is 3.00 bits per heavy atom. The lowest BCUT2D eigenvalue weighted by Gasteiger charge is -2.30. The van der Waals surface area contributed by atoms with Crippen molar-refractivity contribution in [2.24, 2.45) is 0 Å². The third-order valence-electron chi connectivity index (χ3n) is 5.41. The molecular weight excluding hydrogens is 354 g/mol. The van der Waals surface area contributed by atoms with Crippen molar-refractivity contribution >= 4 is 23.1 Å². The highest BCUT2D eigenvalue weighted by Crippen LogP contribution is 2.40. The van der Waals surface area contributed by atoms with Crippen LogP contribution in [0.3, 0.4) is 0 Å². The largest absolute Gasteiger partial charge is 0.489 e. The van der Waals surface area contributed by atoms with Gasteiger partial charge in [0.25, 0.3) is 0 Å². The fraction of sp³-hybridized carbons (Fsp3) is 0.556. The van der Waals surface area contributed by atoms with E-state index < -0.39 is 0 Å². The predicted octanol–water partition coefficient (Wildman–Crippen LogP) is 2.46. The van der Waals surface area contributed by atoms with Gasteiger partial charge in [0, 0.05) is 50.0 Å². The van der Waals surface area contributed by atoms with Crippen molar-refractivity contribution in [3.63, 3.8) is 0 Å².